The molecule has 1 aromatic heterocycles. The van der Waals surface area contributed by atoms with Crippen LogP contribution < -0.4 is 5.32 Å². The molecule has 1 aliphatic rings. The highest BCUT2D eigenvalue weighted by atomic mass is 16.2. The second-order valence-electron chi connectivity index (χ2n) is 5.20. The first-order chi connectivity index (χ1) is 9.00. The summed E-state index contributed by atoms with van der Waals surface area (Å²) in [6.07, 6.45) is 3.42. The number of likely N-dealkylation sites (tertiary alicyclic amines) is 1. The highest BCUT2D eigenvalue weighted by molar-refractivity contribution is 5.98. The third-order valence-corrected chi connectivity index (χ3v) is 3.88. The topological polar surface area (TPSA) is 54.3 Å². The van der Waals surface area contributed by atoms with Crippen molar-refractivity contribution in [1.29, 1.82) is 0 Å². The molecular formula is C14H21N3O2. The Labute approximate surface area is 113 Å². The summed E-state index contributed by atoms with van der Waals surface area (Å²) in [5, 5.41) is 2.83. The Hall–Kier alpha value is -1.78. The molecule has 104 valence electrons. The summed E-state index contributed by atoms with van der Waals surface area (Å²) in [7, 11) is 1.84. The number of carbonyl (C=O) groups is 2. The van der Waals surface area contributed by atoms with Crippen molar-refractivity contribution in [1.82, 2.24) is 14.8 Å². The lowest BCUT2D eigenvalue weighted by atomic mass is 9.97. The highest BCUT2D eigenvalue weighted by Crippen LogP contribution is 2.30. The Bertz CT molecular complexity index is 495. The lowest BCUT2D eigenvalue weighted by molar-refractivity contribution is -0.129. The average molecular weight is 263 g/mol. The molecule has 0 aromatic carbocycles. The minimum Gasteiger partial charge on any atom is -0.354 e. The van der Waals surface area contributed by atoms with Gasteiger partial charge in [-0.05, 0) is 38.8 Å². The number of aromatic nitrogens is 1. The number of hydrogen-bond acceptors (Lipinski definition) is 2. The van der Waals surface area contributed by atoms with Gasteiger partial charge in [0.1, 0.15) is 11.2 Å². The van der Waals surface area contributed by atoms with E-state index in [4.69, 9.17) is 0 Å². The number of carbonyl (C=O) groups excluding carboxylic acids is 2. The second kappa shape index (κ2) is 5.07. The average Bonchev–Trinajstić information content (AvgIpc) is 2.96. The largest absolute Gasteiger partial charge is 0.354 e. The standard InChI is InChI=1S/C14H21N3O2/c1-4-15-13(19)14(2)8-6-10-17(14)12(18)11-7-5-9-16(11)3/h5,7,9H,4,6,8,10H2,1-3H3,(H,15,19). The second-order valence-corrected chi connectivity index (χ2v) is 5.20. The molecule has 2 rings (SSSR count). The molecular weight excluding hydrogens is 242 g/mol. The van der Waals surface area contributed by atoms with E-state index in [2.05, 4.69) is 5.32 Å². The number of hydrogen-bond donors (Lipinski definition) is 1. The Morgan fingerprint density at radius 1 is 1.47 bits per heavy atom. The number of nitrogens with zero attached hydrogens (tertiary/aromatic N) is 2. The van der Waals surface area contributed by atoms with E-state index in [-0.39, 0.29) is 11.8 Å². The normalized spacial score (nSPS) is 22.6. The van der Waals surface area contributed by atoms with Crippen LogP contribution in [-0.4, -0.2) is 39.9 Å². The van der Waals surface area contributed by atoms with Crippen LogP contribution in [0.4, 0.5) is 0 Å². The fourth-order valence-corrected chi connectivity index (χ4v) is 2.70. The molecule has 0 bridgehead atoms. The zero-order valence-electron chi connectivity index (χ0n) is 11.8. The summed E-state index contributed by atoms with van der Waals surface area (Å²) in [4.78, 5) is 26.5. The number of aryl methyl sites for hydroxylation is 1. The van der Waals surface area contributed by atoms with Crippen molar-refractivity contribution in [2.45, 2.75) is 32.2 Å². The van der Waals surface area contributed by atoms with Crippen LogP contribution >= 0.6 is 0 Å². The molecule has 0 saturated carbocycles. The van der Waals surface area contributed by atoms with Gasteiger partial charge in [0, 0.05) is 26.3 Å². The molecule has 2 amide bonds. The van der Waals surface area contributed by atoms with Gasteiger partial charge in [-0.2, -0.15) is 0 Å². The van der Waals surface area contributed by atoms with Gasteiger partial charge in [0.25, 0.3) is 5.91 Å². The molecule has 1 saturated heterocycles. The fourth-order valence-electron chi connectivity index (χ4n) is 2.70. The van der Waals surface area contributed by atoms with Crippen LogP contribution in [0.3, 0.4) is 0 Å². The van der Waals surface area contributed by atoms with E-state index in [1.54, 1.807) is 15.5 Å². The number of amides is 2. The van der Waals surface area contributed by atoms with Gasteiger partial charge in [-0.3, -0.25) is 9.59 Å². The SMILES string of the molecule is CCNC(=O)C1(C)CCCN1C(=O)c1cccn1C. The van der Waals surface area contributed by atoms with Gasteiger partial charge >= 0.3 is 0 Å². The van der Waals surface area contributed by atoms with E-state index in [0.717, 1.165) is 12.8 Å². The van der Waals surface area contributed by atoms with Crippen LogP contribution in [-0.2, 0) is 11.8 Å². The first kappa shape index (κ1) is 13.6. The van der Waals surface area contributed by atoms with Gasteiger partial charge in [-0.15, -0.1) is 0 Å². The molecule has 1 fully saturated rings. The van der Waals surface area contributed by atoms with Crippen molar-refractivity contribution in [3.63, 3.8) is 0 Å². The summed E-state index contributed by atoms with van der Waals surface area (Å²) in [6, 6.07) is 3.63. The maximum absolute atomic E-state index is 12.6. The lowest BCUT2D eigenvalue weighted by Crippen LogP contribution is -2.55. The van der Waals surface area contributed by atoms with Crippen LogP contribution in [0.25, 0.3) is 0 Å². The lowest BCUT2D eigenvalue weighted by Gasteiger charge is -2.33. The molecule has 5 nitrogen and oxygen atoms in total. The smallest absolute Gasteiger partial charge is 0.271 e. The summed E-state index contributed by atoms with van der Waals surface area (Å²) >= 11 is 0. The van der Waals surface area contributed by atoms with Gasteiger partial charge in [0.05, 0.1) is 0 Å². The van der Waals surface area contributed by atoms with Crippen LogP contribution in [0.2, 0.25) is 0 Å². The molecule has 1 aliphatic heterocycles. The van der Waals surface area contributed by atoms with E-state index < -0.39 is 5.54 Å². The predicted molar refractivity (Wildman–Crippen MR) is 72.8 cm³/mol. The zero-order valence-corrected chi connectivity index (χ0v) is 11.8. The van der Waals surface area contributed by atoms with Gasteiger partial charge in [-0.1, -0.05) is 0 Å². The fraction of sp³-hybridized carbons (Fsp3) is 0.571. The summed E-state index contributed by atoms with van der Waals surface area (Å²) < 4.78 is 1.79. The van der Waals surface area contributed by atoms with Crippen LogP contribution in [0.1, 0.15) is 37.2 Å². The minimum absolute atomic E-state index is 0.0601. The van der Waals surface area contributed by atoms with Gasteiger partial charge in [-0.25, -0.2) is 0 Å². The first-order valence-electron chi connectivity index (χ1n) is 6.72. The third-order valence-electron chi connectivity index (χ3n) is 3.88. The summed E-state index contributed by atoms with van der Waals surface area (Å²) in [5.41, 5.74) is -0.102. The van der Waals surface area contributed by atoms with Gasteiger partial charge in [0.2, 0.25) is 5.91 Å². The molecule has 1 unspecified atom stereocenters. The van der Waals surface area contributed by atoms with Crippen molar-refractivity contribution in [2.75, 3.05) is 13.1 Å². The van der Waals surface area contributed by atoms with Crippen molar-refractivity contribution in [3.05, 3.63) is 24.0 Å². The first-order valence-corrected chi connectivity index (χ1v) is 6.72. The highest BCUT2D eigenvalue weighted by Gasteiger charge is 2.45. The molecule has 19 heavy (non-hydrogen) atoms. The van der Waals surface area contributed by atoms with Crippen LogP contribution in [0.5, 0.6) is 0 Å². The van der Waals surface area contributed by atoms with Gasteiger partial charge in [0.15, 0.2) is 0 Å². The number of likely N-dealkylation sites (N-methyl/N-ethyl adjacent to an activating group) is 1. The number of rotatable bonds is 3. The van der Waals surface area contributed by atoms with E-state index >= 15 is 0 Å². The molecule has 1 N–H and O–H groups in total. The van der Waals surface area contributed by atoms with Crippen molar-refractivity contribution in [2.24, 2.45) is 7.05 Å². The Morgan fingerprint density at radius 3 is 2.79 bits per heavy atom. The van der Waals surface area contributed by atoms with E-state index in [0.29, 0.717) is 18.8 Å². The Kier molecular flexibility index (Phi) is 3.64. The van der Waals surface area contributed by atoms with Crippen molar-refractivity contribution < 1.29 is 9.59 Å². The summed E-state index contributed by atoms with van der Waals surface area (Å²) in [6.45, 7) is 4.96. The molecule has 1 atom stereocenters. The monoisotopic (exact) mass is 263 g/mol. The number of nitrogens with one attached hydrogen (secondary N) is 1. The van der Waals surface area contributed by atoms with Gasteiger partial charge < -0.3 is 14.8 Å². The molecule has 0 radical (unpaired) electrons. The summed E-state index contributed by atoms with van der Waals surface area (Å²) in [5.74, 6) is -0.131. The van der Waals surface area contributed by atoms with E-state index in [1.165, 1.54) is 0 Å². The maximum atomic E-state index is 12.6. The molecule has 5 heteroatoms. The maximum Gasteiger partial charge on any atom is 0.271 e. The molecule has 1 aromatic rings. The van der Waals surface area contributed by atoms with Crippen LogP contribution in [0, 0.1) is 0 Å². The minimum atomic E-state index is -0.725. The van der Waals surface area contributed by atoms with Crippen molar-refractivity contribution in [3.8, 4) is 0 Å². The molecule has 0 spiro atoms. The van der Waals surface area contributed by atoms with E-state index in [1.807, 2.05) is 33.2 Å². The third kappa shape index (κ3) is 2.25. The zero-order chi connectivity index (χ0) is 14.0. The quantitative estimate of drug-likeness (QED) is 0.889. The predicted octanol–water partition coefficient (Wildman–Crippen LogP) is 1.16. The molecule has 0 aliphatic carbocycles. The molecule has 2 heterocycles. The Morgan fingerprint density at radius 2 is 2.21 bits per heavy atom. The van der Waals surface area contributed by atoms with Crippen molar-refractivity contribution >= 4 is 11.8 Å². The van der Waals surface area contributed by atoms with E-state index in [9.17, 15) is 9.59 Å². The Balaban J connectivity index is 2.26. The van der Waals surface area contributed by atoms with Crippen LogP contribution in [0.15, 0.2) is 18.3 Å².